The Hall–Kier alpha value is -1.49. The standard InChI is InChI=1S/C14H18F2N2O/c1-8(17)4-5-18-14(19)12-7-11(12)10-3-2-9(15)6-13(10)16/h2-3,6,8,11-12H,4-5,7,17H2,1H3,(H,18,19). The van der Waals surface area contributed by atoms with Crippen LogP contribution in [0, 0.1) is 17.6 Å². The maximum absolute atomic E-state index is 13.5. The molecular weight excluding hydrogens is 250 g/mol. The summed E-state index contributed by atoms with van der Waals surface area (Å²) in [5.74, 6) is -1.57. The highest BCUT2D eigenvalue weighted by molar-refractivity contribution is 5.82. The van der Waals surface area contributed by atoms with Crippen LogP contribution in [0.1, 0.15) is 31.2 Å². The van der Waals surface area contributed by atoms with Crippen LogP contribution in [0.15, 0.2) is 18.2 Å². The minimum Gasteiger partial charge on any atom is -0.356 e. The third kappa shape index (κ3) is 3.50. The molecule has 1 saturated carbocycles. The molecule has 3 unspecified atom stereocenters. The summed E-state index contributed by atoms with van der Waals surface area (Å²) in [5, 5.41) is 2.79. The quantitative estimate of drug-likeness (QED) is 0.857. The second-order valence-electron chi connectivity index (χ2n) is 5.17. The number of nitrogens with two attached hydrogens (primary N) is 1. The molecule has 0 radical (unpaired) electrons. The van der Waals surface area contributed by atoms with Crippen molar-refractivity contribution in [3.63, 3.8) is 0 Å². The largest absolute Gasteiger partial charge is 0.356 e. The van der Waals surface area contributed by atoms with Crippen LogP contribution in [0.2, 0.25) is 0 Å². The zero-order valence-electron chi connectivity index (χ0n) is 10.8. The van der Waals surface area contributed by atoms with Crippen molar-refractivity contribution in [3.8, 4) is 0 Å². The van der Waals surface area contributed by atoms with E-state index in [1.54, 1.807) is 0 Å². The highest BCUT2D eigenvalue weighted by Crippen LogP contribution is 2.48. The second-order valence-corrected chi connectivity index (χ2v) is 5.17. The number of hydrogen-bond acceptors (Lipinski definition) is 2. The first kappa shape index (κ1) is 13.9. The van der Waals surface area contributed by atoms with Gasteiger partial charge in [-0.15, -0.1) is 0 Å². The Morgan fingerprint density at radius 1 is 1.53 bits per heavy atom. The van der Waals surface area contributed by atoms with Crippen molar-refractivity contribution in [2.24, 2.45) is 11.7 Å². The molecular formula is C14H18F2N2O. The number of nitrogens with one attached hydrogen (secondary N) is 1. The molecule has 1 fully saturated rings. The molecule has 1 aliphatic carbocycles. The van der Waals surface area contributed by atoms with Gasteiger partial charge in [0, 0.05) is 24.6 Å². The first-order valence-corrected chi connectivity index (χ1v) is 6.47. The van der Waals surface area contributed by atoms with Gasteiger partial charge in [0.1, 0.15) is 11.6 Å². The maximum atomic E-state index is 13.5. The molecule has 19 heavy (non-hydrogen) atoms. The lowest BCUT2D eigenvalue weighted by atomic mass is 10.1. The number of carbonyl (C=O) groups is 1. The molecule has 3 nitrogen and oxygen atoms in total. The Morgan fingerprint density at radius 3 is 2.89 bits per heavy atom. The van der Waals surface area contributed by atoms with Crippen molar-refractivity contribution in [2.45, 2.75) is 31.7 Å². The molecule has 0 aliphatic heterocycles. The monoisotopic (exact) mass is 268 g/mol. The molecule has 3 N–H and O–H groups in total. The van der Waals surface area contributed by atoms with E-state index in [0.29, 0.717) is 24.9 Å². The van der Waals surface area contributed by atoms with Gasteiger partial charge in [-0.2, -0.15) is 0 Å². The van der Waals surface area contributed by atoms with Gasteiger partial charge in [0.05, 0.1) is 0 Å². The number of benzene rings is 1. The summed E-state index contributed by atoms with van der Waals surface area (Å²) < 4.78 is 26.3. The van der Waals surface area contributed by atoms with Gasteiger partial charge in [-0.25, -0.2) is 8.78 Å². The molecule has 0 saturated heterocycles. The molecule has 1 aliphatic rings. The fourth-order valence-corrected chi connectivity index (χ4v) is 2.18. The summed E-state index contributed by atoms with van der Waals surface area (Å²) in [6.45, 7) is 2.41. The van der Waals surface area contributed by atoms with Gasteiger partial charge >= 0.3 is 0 Å². The summed E-state index contributed by atoms with van der Waals surface area (Å²) in [7, 11) is 0. The summed E-state index contributed by atoms with van der Waals surface area (Å²) in [4.78, 5) is 11.8. The predicted molar refractivity (Wildman–Crippen MR) is 68.5 cm³/mol. The highest BCUT2D eigenvalue weighted by atomic mass is 19.1. The van der Waals surface area contributed by atoms with Crippen LogP contribution in [-0.2, 0) is 4.79 Å². The molecule has 2 rings (SSSR count). The summed E-state index contributed by atoms with van der Waals surface area (Å²) in [6.07, 6.45) is 1.33. The lowest BCUT2D eigenvalue weighted by Gasteiger charge is -2.07. The average molecular weight is 268 g/mol. The molecule has 104 valence electrons. The van der Waals surface area contributed by atoms with Crippen molar-refractivity contribution in [2.75, 3.05) is 6.54 Å². The van der Waals surface area contributed by atoms with E-state index in [4.69, 9.17) is 5.73 Å². The van der Waals surface area contributed by atoms with E-state index < -0.39 is 11.6 Å². The SMILES string of the molecule is CC(N)CCNC(=O)C1CC1c1ccc(F)cc1F. The van der Waals surface area contributed by atoms with Crippen LogP contribution >= 0.6 is 0 Å². The van der Waals surface area contributed by atoms with Gasteiger partial charge in [0.15, 0.2) is 0 Å². The molecule has 1 amide bonds. The van der Waals surface area contributed by atoms with Crippen LogP contribution < -0.4 is 11.1 Å². The molecule has 1 aromatic carbocycles. The zero-order chi connectivity index (χ0) is 14.0. The molecule has 0 aromatic heterocycles. The smallest absolute Gasteiger partial charge is 0.223 e. The summed E-state index contributed by atoms with van der Waals surface area (Å²) in [5.41, 5.74) is 6.01. The van der Waals surface area contributed by atoms with Gasteiger partial charge in [-0.05, 0) is 37.3 Å². The van der Waals surface area contributed by atoms with E-state index in [1.807, 2.05) is 6.92 Å². The molecule has 0 spiro atoms. The molecule has 0 bridgehead atoms. The molecule has 3 atom stereocenters. The fourth-order valence-electron chi connectivity index (χ4n) is 2.18. The van der Waals surface area contributed by atoms with Gasteiger partial charge in [-0.1, -0.05) is 6.07 Å². The van der Waals surface area contributed by atoms with Crippen molar-refractivity contribution in [1.29, 1.82) is 0 Å². The second kappa shape index (κ2) is 5.65. The minimum atomic E-state index is -0.597. The average Bonchev–Trinajstić information content (AvgIpc) is 3.08. The van der Waals surface area contributed by atoms with E-state index in [9.17, 15) is 13.6 Å². The predicted octanol–water partition coefficient (Wildman–Crippen LogP) is 1.92. The van der Waals surface area contributed by atoms with Crippen molar-refractivity contribution in [3.05, 3.63) is 35.4 Å². The molecule has 5 heteroatoms. The first-order chi connectivity index (χ1) is 8.99. The van der Waals surface area contributed by atoms with Crippen LogP contribution in [0.25, 0.3) is 0 Å². The Morgan fingerprint density at radius 2 is 2.26 bits per heavy atom. The van der Waals surface area contributed by atoms with Gasteiger partial charge < -0.3 is 11.1 Å². The third-order valence-corrected chi connectivity index (χ3v) is 3.39. The summed E-state index contributed by atoms with van der Waals surface area (Å²) in [6, 6.07) is 3.55. The number of halogens is 2. The van der Waals surface area contributed by atoms with Crippen LogP contribution in [0.4, 0.5) is 8.78 Å². The van der Waals surface area contributed by atoms with Crippen LogP contribution in [-0.4, -0.2) is 18.5 Å². The van der Waals surface area contributed by atoms with E-state index in [1.165, 1.54) is 12.1 Å². The van der Waals surface area contributed by atoms with Crippen LogP contribution in [0.3, 0.4) is 0 Å². The zero-order valence-corrected chi connectivity index (χ0v) is 10.8. The van der Waals surface area contributed by atoms with Gasteiger partial charge in [0.2, 0.25) is 5.91 Å². The molecule has 1 aromatic rings. The number of carbonyl (C=O) groups excluding carboxylic acids is 1. The van der Waals surface area contributed by atoms with E-state index in [2.05, 4.69) is 5.32 Å². The van der Waals surface area contributed by atoms with Crippen LogP contribution in [0.5, 0.6) is 0 Å². The Labute approximate surface area is 111 Å². The Kier molecular flexibility index (Phi) is 4.14. The topological polar surface area (TPSA) is 55.1 Å². The maximum Gasteiger partial charge on any atom is 0.223 e. The third-order valence-electron chi connectivity index (χ3n) is 3.39. The lowest BCUT2D eigenvalue weighted by Crippen LogP contribution is -2.30. The normalized spacial score (nSPS) is 22.9. The van der Waals surface area contributed by atoms with Crippen molar-refractivity contribution in [1.82, 2.24) is 5.32 Å². The minimum absolute atomic E-state index is 0.0462. The van der Waals surface area contributed by atoms with E-state index >= 15 is 0 Å². The fraction of sp³-hybridized carbons (Fsp3) is 0.500. The number of rotatable bonds is 5. The van der Waals surface area contributed by atoms with Crippen molar-refractivity contribution < 1.29 is 13.6 Å². The Bertz CT molecular complexity index is 477. The van der Waals surface area contributed by atoms with Gasteiger partial charge in [-0.3, -0.25) is 4.79 Å². The van der Waals surface area contributed by atoms with Crippen molar-refractivity contribution >= 4 is 5.91 Å². The number of amides is 1. The first-order valence-electron chi connectivity index (χ1n) is 6.47. The van der Waals surface area contributed by atoms with E-state index in [-0.39, 0.29) is 23.8 Å². The molecule has 0 heterocycles. The number of hydrogen-bond donors (Lipinski definition) is 2. The highest BCUT2D eigenvalue weighted by Gasteiger charge is 2.45. The summed E-state index contributed by atoms with van der Waals surface area (Å²) >= 11 is 0. The Balaban J connectivity index is 1.88. The van der Waals surface area contributed by atoms with Gasteiger partial charge in [0.25, 0.3) is 0 Å². The lowest BCUT2D eigenvalue weighted by molar-refractivity contribution is -0.122. The van der Waals surface area contributed by atoms with E-state index in [0.717, 1.165) is 6.07 Å².